The topological polar surface area (TPSA) is 342 Å². The Bertz CT molecular complexity index is 1920. The second-order valence-electron chi connectivity index (χ2n) is 17.3. The molecule has 7 rings (SSSR count). The van der Waals surface area contributed by atoms with E-state index in [2.05, 4.69) is 17.2 Å². The molecular formula is C41H76O25P3S3-. The monoisotopic (exact) mass is 1170 g/mol. The van der Waals surface area contributed by atoms with Crippen LogP contribution in [-0.4, -0.2) is 224 Å². The highest BCUT2D eigenvalue weighted by Crippen LogP contribution is 2.54. The Balaban J connectivity index is 0.000000249. The van der Waals surface area contributed by atoms with Crippen molar-refractivity contribution in [2.45, 2.75) is 133 Å². The van der Waals surface area contributed by atoms with Crippen molar-refractivity contribution in [2.24, 2.45) is 5.41 Å². The molecule has 31 heteroatoms. The quantitative estimate of drug-likeness (QED) is 0.0296. The third-order valence-electron chi connectivity index (χ3n) is 10.4. The Hall–Kier alpha value is 0.570. The number of ether oxygens (including phenoxy) is 6. The molecule has 0 radical (unpaired) electrons. The van der Waals surface area contributed by atoms with E-state index in [1.165, 1.54) is 11.5 Å². The number of aliphatic hydroxyl groups excluding tert-OH is 6. The summed E-state index contributed by atoms with van der Waals surface area (Å²) in [6, 6.07) is 0. The Morgan fingerprint density at radius 3 is 1.29 bits per heavy atom. The second-order valence-corrected chi connectivity index (χ2v) is 24.6. The zero-order valence-corrected chi connectivity index (χ0v) is 45.4. The Morgan fingerprint density at radius 1 is 0.611 bits per heavy atom. The summed E-state index contributed by atoms with van der Waals surface area (Å²) in [6.07, 6.45) is -10.1. The van der Waals surface area contributed by atoms with Crippen LogP contribution in [0.2, 0.25) is 0 Å². The molecule has 0 aromatic carbocycles. The van der Waals surface area contributed by atoms with Crippen LogP contribution >= 0.6 is 59.6 Å². The highest BCUT2D eigenvalue weighted by Gasteiger charge is 2.42. The highest BCUT2D eigenvalue weighted by atomic mass is 32.2. The molecule has 0 aromatic rings. The SMILES string of the molecule is C1CS1.[3H][C@@H]1CC(OP(=O)([O-])OC[C@H]2O[C@@H]([3H])CC2O)[C@@H](CO)O1.[3H][C@@H]1CC(O[P@@](=O)(OCCS)OC[C@H]2O[C@@H]([3H])CC2O)[C@@H](CO)O1.[3H][C@@H]1CC(O[P@@](=O)(OCCSC(=O)C(C)(C)C)OC[C@H]2O[C@@H]([3H])CC2O)[C@@H](CO)O1. The van der Waals surface area contributed by atoms with Gasteiger partial charge in [0, 0.05) is 87.2 Å². The van der Waals surface area contributed by atoms with Gasteiger partial charge in [0.25, 0.3) is 7.82 Å². The van der Waals surface area contributed by atoms with Crippen molar-refractivity contribution >= 4 is 64.7 Å². The number of phosphoric ester groups is 3. The molecule has 424 valence electrons. The highest BCUT2D eigenvalue weighted by molar-refractivity contribution is 8.13. The van der Waals surface area contributed by atoms with E-state index in [1.807, 2.05) is 11.8 Å². The Kier molecular flexibility index (Phi) is 25.8. The summed E-state index contributed by atoms with van der Waals surface area (Å²) in [4.78, 5) is 23.7. The first-order valence-corrected chi connectivity index (χ1v) is 30.2. The van der Waals surface area contributed by atoms with Crippen LogP contribution in [0.25, 0.3) is 0 Å². The van der Waals surface area contributed by atoms with Crippen molar-refractivity contribution in [3.05, 3.63) is 0 Å². The second kappa shape index (κ2) is 33.2. The molecule has 7 saturated heterocycles. The maximum absolute atomic E-state index is 13.2. The molecule has 0 saturated carbocycles. The molecule has 7 aliphatic rings. The number of thiol groups is 1. The van der Waals surface area contributed by atoms with Crippen LogP contribution in [0.15, 0.2) is 0 Å². The predicted molar refractivity (Wildman–Crippen MR) is 261 cm³/mol. The summed E-state index contributed by atoms with van der Waals surface area (Å²) in [5.74, 6) is 3.33. The number of carbonyl (C=O) groups is 1. The van der Waals surface area contributed by atoms with Gasteiger partial charge in [-0.3, -0.25) is 36.5 Å². The summed E-state index contributed by atoms with van der Waals surface area (Å²) < 4.78 is 155. The first-order valence-electron chi connectivity index (χ1n) is 26.5. The van der Waals surface area contributed by atoms with Crippen molar-refractivity contribution < 1.29 is 127 Å². The summed E-state index contributed by atoms with van der Waals surface area (Å²) >= 11 is 7.01. The first kappa shape index (κ1) is 55.9. The third-order valence-corrected chi connectivity index (χ3v) is 16.2. The molecule has 7 unspecified atom stereocenters. The molecule has 0 bridgehead atoms. The molecule has 0 spiro atoms. The van der Waals surface area contributed by atoms with Crippen molar-refractivity contribution in [1.82, 2.24) is 0 Å². The summed E-state index contributed by atoms with van der Waals surface area (Å²) in [5.41, 5.74) is -0.525. The lowest BCUT2D eigenvalue weighted by atomic mass is 10.00. The normalized spacial score (nSPS) is 41.0. The van der Waals surface area contributed by atoms with Gasteiger partial charge in [0.15, 0.2) is 5.12 Å². The molecule has 7 heterocycles. The van der Waals surface area contributed by atoms with Gasteiger partial charge < -0.3 is 73.0 Å². The maximum atomic E-state index is 13.2. The lowest BCUT2D eigenvalue weighted by Crippen LogP contribution is -2.31. The molecule has 0 aromatic heterocycles. The fourth-order valence-corrected chi connectivity index (χ4v) is 11.1. The van der Waals surface area contributed by atoms with E-state index in [0.717, 1.165) is 11.8 Å². The molecule has 0 aliphatic carbocycles. The summed E-state index contributed by atoms with van der Waals surface area (Å²) in [5, 5.41) is 56.8. The molecule has 7 fully saturated rings. The van der Waals surface area contributed by atoms with Gasteiger partial charge in [0.2, 0.25) is 0 Å². The van der Waals surface area contributed by atoms with Crippen LogP contribution in [0.5, 0.6) is 0 Å². The van der Waals surface area contributed by atoms with Gasteiger partial charge in [-0.25, -0.2) is 9.13 Å². The van der Waals surface area contributed by atoms with E-state index in [0.29, 0.717) is 0 Å². The predicted octanol–water partition coefficient (Wildman–Crippen LogP) is 1.64. The van der Waals surface area contributed by atoms with Gasteiger partial charge in [-0.1, -0.05) is 32.5 Å². The van der Waals surface area contributed by atoms with Crippen LogP contribution in [0.1, 0.15) is 67.5 Å². The van der Waals surface area contributed by atoms with Crippen molar-refractivity contribution in [3.63, 3.8) is 0 Å². The minimum atomic E-state index is -4.69. The molecule has 21 atom stereocenters. The summed E-state index contributed by atoms with van der Waals surface area (Å²) in [7, 11) is -12.9. The van der Waals surface area contributed by atoms with E-state index in [9.17, 15) is 48.9 Å². The molecule has 6 N–H and O–H groups in total. The zero-order valence-electron chi connectivity index (χ0n) is 46.2. The molecule has 25 nitrogen and oxygen atoms in total. The molecular weight excluding hydrogens is 1080 g/mol. The lowest BCUT2D eigenvalue weighted by Gasteiger charge is -2.29. The average Bonchev–Trinajstić information content (AvgIpc) is 3.55. The van der Waals surface area contributed by atoms with E-state index in [1.54, 1.807) is 20.8 Å². The van der Waals surface area contributed by atoms with Gasteiger partial charge in [-0.15, -0.1) is 0 Å². The van der Waals surface area contributed by atoms with Crippen molar-refractivity contribution in [3.8, 4) is 0 Å². The van der Waals surface area contributed by atoms with Gasteiger partial charge in [0.1, 0.15) is 48.8 Å². The van der Waals surface area contributed by atoms with Crippen molar-refractivity contribution in [2.75, 3.05) is 115 Å². The van der Waals surface area contributed by atoms with Crippen LogP contribution in [0.3, 0.4) is 0 Å². The van der Waals surface area contributed by atoms with Gasteiger partial charge >= 0.3 is 15.6 Å². The van der Waals surface area contributed by atoms with Crippen LogP contribution in [0.4, 0.5) is 0 Å². The maximum Gasteiger partial charge on any atom is 0.475 e. The average molecular weight is 1170 g/mol. The Morgan fingerprint density at radius 2 is 0.958 bits per heavy atom. The van der Waals surface area contributed by atoms with Crippen LogP contribution in [0, 0.1) is 5.41 Å². The third kappa shape index (κ3) is 23.9. The first-order chi connectivity index (χ1) is 36.6. The lowest BCUT2D eigenvalue weighted by molar-refractivity contribution is -0.233. The summed E-state index contributed by atoms with van der Waals surface area (Å²) in [6.45, 7) is -2.56. The van der Waals surface area contributed by atoms with E-state index >= 15 is 0 Å². The zero-order chi connectivity index (χ0) is 58.0. The molecule has 72 heavy (non-hydrogen) atoms. The number of hydrogen-bond donors (Lipinski definition) is 7. The van der Waals surface area contributed by atoms with Gasteiger partial charge in [-0.05, 0) is 19.3 Å². The van der Waals surface area contributed by atoms with Crippen LogP contribution < -0.4 is 4.89 Å². The van der Waals surface area contributed by atoms with Gasteiger partial charge in [0.05, 0.1) is 85.5 Å². The fourth-order valence-electron chi connectivity index (χ4n) is 6.24. The standard InChI is InChI=1S/C17H31O9PS.C12H23O8PS.C10H19O8P.C2H4S/c1-17(2,3)16(20)28-9-8-24-27(21,25-11-15-12(19)4-6-23-15)26-13-5-7-22-14(13)10-18;13-7-11-10(2-4-16-11)20-21(15,18-5-6-22)19-8-12-9(14)1-3-17-12;11-5-9-8(2-4-15-9)18-19(13,14)17-6-10-7(12)1-3-16-10;1-2-3-1/h12-15,18-19H,4-11H2,1-3H3;9-14,22H,1-8H2;7-12H,1-6H2,(H,13,14);1-2H2/p-1/t12?,13?,14-,15-,27+;9?,10?,11-,12-,21+;7?,8?,9-,10-;/m111./s1/i6T,7T;2*3T,4T;/t6-,7+,12?,13?,14+,15+,27-;3-,4+,9?,10?,11+,12+,21-;3-,4+,7?,8?,9+,10+;/m000.. The molecule has 0 amide bonds. The number of rotatable bonds is 25. The van der Waals surface area contributed by atoms with E-state index in [4.69, 9.17) is 73.4 Å². The van der Waals surface area contributed by atoms with E-state index in [-0.39, 0.29) is 81.6 Å². The van der Waals surface area contributed by atoms with Gasteiger partial charge in [-0.2, -0.15) is 24.4 Å². The minimum Gasteiger partial charge on any atom is -0.756 e. The minimum absolute atomic E-state index is 0.00182. The van der Waals surface area contributed by atoms with Crippen LogP contribution in [-0.2, 0) is 83.1 Å². The number of phosphoric acid groups is 3. The largest absolute Gasteiger partial charge is 0.756 e. The fraction of sp³-hybridized carbons (Fsp3) is 0.976. The smallest absolute Gasteiger partial charge is 0.475 e. The number of thioether (sulfide) groups is 2. The Labute approximate surface area is 443 Å². The number of hydrogen-bond acceptors (Lipinski definition) is 28. The number of carbonyl (C=O) groups excluding carboxylic acids is 1. The molecule has 7 aliphatic heterocycles. The van der Waals surface area contributed by atoms with Crippen molar-refractivity contribution in [1.29, 1.82) is 0 Å². The van der Waals surface area contributed by atoms with E-state index < -0.39 is 168 Å². The number of aliphatic hydroxyl groups is 6.